The smallest absolute Gasteiger partial charge is 0.337 e. The second kappa shape index (κ2) is 6.02. The molecule has 11 heteroatoms. The molecule has 0 atom stereocenters. The normalized spacial score (nSPS) is 11.7. The Balaban J connectivity index is 2.18. The Kier molecular flexibility index (Phi) is 4.11. The highest BCUT2D eigenvalue weighted by molar-refractivity contribution is 7.92. The maximum atomic E-state index is 14.2. The molecular weight excluding hydrogens is 365 g/mol. The fourth-order valence-electron chi connectivity index (χ4n) is 2.51. The Morgan fingerprint density at radius 2 is 1.96 bits per heavy atom. The molecule has 0 spiro atoms. The van der Waals surface area contributed by atoms with Gasteiger partial charge in [0, 0.05) is 18.4 Å². The highest BCUT2D eigenvalue weighted by Crippen LogP contribution is 2.28. The molecule has 26 heavy (non-hydrogen) atoms. The van der Waals surface area contributed by atoms with Crippen molar-refractivity contribution in [2.24, 2.45) is 0 Å². The van der Waals surface area contributed by atoms with E-state index in [1.807, 2.05) is 0 Å². The molecular formula is C15H14FN5O4S. The van der Waals surface area contributed by atoms with Gasteiger partial charge in [0.2, 0.25) is 0 Å². The molecule has 0 amide bonds. The summed E-state index contributed by atoms with van der Waals surface area (Å²) in [6.07, 6.45) is 0. The van der Waals surface area contributed by atoms with Crippen LogP contribution in [-0.4, -0.2) is 46.1 Å². The van der Waals surface area contributed by atoms with Crippen molar-refractivity contribution in [2.75, 3.05) is 11.4 Å². The van der Waals surface area contributed by atoms with E-state index in [0.29, 0.717) is 15.7 Å². The Hall–Kier alpha value is -3.08. The van der Waals surface area contributed by atoms with Crippen LogP contribution in [0.15, 0.2) is 29.4 Å². The number of aromatic nitrogens is 4. The van der Waals surface area contributed by atoms with Crippen molar-refractivity contribution in [2.45, 2.75) is 19.0 Å². The van der Waals surface area contributed by atoms with Crippen LogP contribution >= 0.6 is 0 Å². The lowest BCUT2D eigenvalue weighted by Gasteiger charge is -2.19. The van der Waals surface area contributed by atoms with Gasteiger partial charge in [-0.15, -0.1) is 5.10 Å². The van der Waals surface area contributed by atoms with E-state index in [4.69, 9.17) is 0 Å². The summed E-state index contributed by atoms with van der Waals surface area (Å²) in [5, 5.41) is 12.5. The molecule has 136 valence electrons. The van der Waals surface area contributed by atoms with Crippen molar-refractivity contribution in [1.29, 1.82) is 0 Å². The zero-order chi connectivity index (χ0) is 19.2. The van der Waals surface area contributed by atoms with E-state index in [9.17, 15) is 22.7 Å². The van der Waals surface area contributed by atoms with Gasteiger partial charge in [-0.2, -0.15) is 13.4 Å². The molecule has 0 fully saturated rings. The number of hydrogen-bond acceptors (Lipinski definition) is 6. The van der Waals surface area contributed by atoms with Crippen LogP contribution in [0.25, 0.3) is 5.78 Å². The molecule has 0 saturated heterocycles. The second-order valence-corrected chi connectivity index (χ2v) is 7.42. The van der Waals surface area contributed by atoms with E-state index in [2.05, 4.69) is 15.1 Å². The predicted octanol–water partition coefficient (Wildman–Crippen LogP) is 1.40. The zero-order valence-electron chi connectivity index (χ0n) is 14.0. The number of aryl methyl sites for hydroxylation is 2. The fraction of sp³-hybridized carbons (Fsp3) is 0.200. The molecule has 2 aromatic heterocycles. The number of benzene rings is 1. The minimum atomic E-state index is -4.42. The van der Waals surface area contributed by atoms with Crippen LogP contribution in [-0.2, 0) is 10.0 Å². The first-order valence-corrected chi connectivity index (χ1v) is 8.78. The van der Waals surface area contributed by atoms with E-state index in [1.165, 1.54) is 10.6 Å². The monoisotopic (exact) mass is 379 g/mol. The first-order valence-electron chi connectivity index (χ1n) is 7.34. The number of carboxylic acid groups (broad SMARTS) is 1. The van der Waals surface area contributed by atoms with Crippen LogP contribution in [0, 0.1) is 19.7 Å². The molecule has 2 heterocycles. The molecule has 0 aliphatic heterocycles. The number of aromatic carboxylic acids is 1. The van der Waals surface area contributed by atoms with Gasteiger partial charge in [0.1, 0.15) is 11.5 Å². The molecule has 1 N–H and O–H groups in total. The standard InChI is InChI=1S/C15H14FN5O4S/c1-8-7-9(2)21-14(17-8)18-15(19-21)26(24,25)20(3)12-10(13(22)23)5-4-6-11(12)16/h4-7H,1-3H3,(H,22,23). The average Bonchev–Trinajstić information content (AvgIpc) is 2.99. The van der Waals surface area contributed by atoms with E-state index in [1.54, 1.807) is 19.9 Å². The number of anilines is 1. The second-order valence-electron chi connectivity index (χ2n) is 5.56. The zero-order valence-corrected chi connectivity index (χ0v) is 14.8. The first kappa shape index (κ1) is 17.7. The quantitative estimate of drug-likeness (QED) is 0.728. The van der Waals surface area contributed by atoms with Crippen LogP contribution < -0.4 is 4.31 Å². The van der Waals surface area contributed by atoms with Gasteiger partial charge in [0.05, 0.1) is 5.56 Å². The number of nitrogens with zero attached hydrogens (tertiary/aromatic N) is 5. The van der Waals surface area contributed by atoms with Crippen LogP contribution in [0.3, 0.4) is 0 Å². The number of halogens is 1. The van der Waals surface area contributed by atoms with Crippen LogP contribution in [0.2, 0.25) is 0 Å². The first-order chi connectivity index (χ1) is 12.1. The fourth-order valence-corrected chi connectivity index (χ4v) is 3.56. The van der Waals surface area contributed by atoms with Crippen LogP contribution in [0.4, 0.5) is 10.1 Å². The maximum absolute atomic E-state index is 14.2. The lowest BCUT2D eigenvalue weighted by molar-refractivity contribution is 0.0697. The lowest BCUT2D eigenvalue weighted by atomic mass is 10.1. The van der Waals surface area contributed by atoms with E-state index in [0.717, 1.165) is 19.2 Å². The lowest BCUT2D eigenvalue weighted by Crippen LogP contribution is -2.30. The van der Waals surface area contributed by atoms with Crippen LogP contribution in [0.1, 0.15) is 21.7 Å². The Labute approximate surface area is 147 Å². The number of rotatable bonds is 4. The van der Waals surface area contributed by atoms with Gasteiger partial charge in [-0.05, 0) is 32.0 Å². The summed E-state index contributed by atoms with van der Waals surface area (Å²) in [5.74, 6) is -2.39. The number of hydrogen-bond donors (Lipinski definition) is 1. The third kappa shape index (κ3) is 2.75. The third-order valence-corrected chi connectivity index (χ3v) is 5.26. The van der Waals surface area contributed by atoms with Crippen molar-refractivity contribution in [1.82, 2.24) is 19.6 Å². The topological polar surface area (TPSA) is 118 Å². The summed E-state index contributed by atoms with van der Waals surface area (Å²) < 4.78 is 41.6. The molecule has 0 unspecified atom stereocenters. The van der Waals surface area contributed by atoms with Gasteiger partial charge in [0.15, 0.2) is 0 Å². The number of para-hydroxylation sites is 1. The van der Waals surface area contributed by atoms with Gasteiger partial charge in [0.25, 0.3) is 10.9 Å². The minimum Gasteiger partial charge on any atom is -0.478 e. The molecule has 1 aromatic carbocycles. The van der Waals surface area contributed by atoms with Crippen LogP contribution in [0.5, 0.6) is 0 Å². The molecule has 0 saturated carbocycles. The van der Waals surface area contributed by atoms with E-state index >= 15 is 0 Å². The number of carboxylic acids is 1. The molecule has 3 aromatic rings. The van der Waals surface area contributed by atoms with E-state index in [-0.39, 0.29) is 5.78 Å². The van der Waals surface area contributed by atoms with Crippen molar-refractivity contribution >= 4 is 27.5 Å². The number of fused-ring (bicyclic) bond motifs is 1. The van der Waals surface area contributed by atoms with Crippen molar-refractivity contribution in [3.63, 3.8) is 0 Å². The maximum Gasteiger partial charge on any atom is 0.337 e. The average molecular weight is 379 g/mol. The predicted molar refractivity (Wildman–Crippen MR) is 89.2 cm³/mol. The van der Waals surface area contributed by atoms with E-state index < -0.39 is 38.2 Å². The highest BCUT2D eigenvalue weighted by Gasteiger charge is 2.31. The van der Waals surface area contributed by atoms with Gasteiger partial charge in [-0.3, -0.25) is 4.31 Å². The molecule has 9 nitrogen and oxygen atoms in total. The molecule has 0 aliphatic carbocycles. The summed E-state index contributed by atoms with van der Waals surface area (Å²) in [6, 6.07) is 4.96. The minimum absolute atomic E-state index is 0.0708. The Morgan fingerprint density at radius 3 is 2.62 bits per heavy atom. The van der Waals surface area contributed by atoms with Gasteiger partial charge in [-0.1, -0.05) is 6.07 Å². The summed E-state index contributed by atoms with van der Waals surface area (Å²) in [7, 11) is -3.38. The molecule has 0 aliphatic rings. The van der Waals surface area contributed by atoms with Crippen molar-refractivity contribution in [3.05, 3.63) is 47.0 Å². The highest BCUT2D eigenvalue weighted by atomic mass is 32.2. The third-order valence-electron chi connectivity index (χ3n) is 3.72. The SMILES string of the molecule is Cc1cc(C)n2nc(S(=O)(=O)N(C)c3c(F)cccc3C(=O)O)nc2n1. The van der Waals surface area contributed by atoms with Crippen molar-refractivity contribution in [3.8, 4) is 0 Å². The summed E-state index contributed by atoms with van der Waals surface area (Å²) in [6.45, 7) is 3.43. The summed E-state index contributed by atoms with van der Waals surface area (Å²) in [4.78, 5) is 19.3. The number of carbonyl (C=O) groups is 1. The Bertz CT molecular complexity index is 1140. The molecule has 0 bridgehead atoms. The largest absolute Gasteiger partial charge is 0.478 e. The van der Waals surface area contributed by atoms with Gasteiger partial charge in [-0.25, -0.2) is 18.7 Å². The summed E-state index contributed by atoms with van der Waals surface area (Å²) in [5.41, 5.74) is 0.146. The molecule has 0 radical (unpaired) electrons. The Morgan fingerprint density at radius 1 is 1.27 bits per heavy atom. The number of sulfonamides is 1. The van der Waals surface area contributed by atoms with Crippen molar-refractivity contribution < 1.29 is 22.7 Å². The van der Waals surface area contributed by atoms with Gasteiger partial charge >= 0.3 is 16.0 Å². The summed E-state index contributed by atoms with van der Waals surface area (Å²) >= 11 is 0. The van der Waals surface area contributed by atoms with Gasteiger partial charge < -0.3 is 5.11 Å². The molecule has 3 rings (SSSR count).